The Kier molecular flexibility index (Phi) is 5.46. The van der Waals surface area contributed by atoms with Gasteiger partial charge in [-0.05, 0) is 64.4 Å². The molecule has 0 bridgehead atoms. The predicted octanol–water partition coefficient (Wildman–Crippen LogP) is 4.20. The van der Waals surface area contributed by atoms with Crippen molar-refractivity contribution in [1.82, 2.24) is 19.8 Å². The molecule has 0 saturated carbocycles. The molecule has 29 heavy (non-hydrogen) atoms. The number of amides is 2. The van der Waals surface area contributed by atoms with Gasteiger partial charge in [0.2, 0.25) is 0 Å². The smallest absolute Gasteiger partial charge is 0.318 e. The van der Waals surface area contributed by atoms with Crippen molar-refractivity contribution in [2.75, 3.05) is 7.05 Å². The second-order valence-electron chi connectivity index (χ2n) is 8.43. The summed E-state index contributed by atoms with van der Waals surface area (Å²) < 4.78 is 1.61. The van der Waals surface area contributed by atoms with Crippen LogP contribution in [0.5, 0.6) is 0 Å². The van der Waals surface area contributed by atoms with Crippen LogP contribution in [0.2, 0.25) is 0 Å². The number of nitrogens with one attached hydrogen (secondary N) is 1. The third-order valence-electron chi connectivity index (χ3n) is 4.82. The molecule has 1 N–H and O–H groups in total. The molecule has 1 heterocycles. The van der Waals surface area contributed by atoms with Gasteiger partial charge in [0.05, 0.1) is 22.6 Å². The standard InChI is InChI=1S/C23H28N4O2/c1-15-10-9-11-17(14-15)27-20(16(2)26(6)22(29)25-23(3,4)5)24-19-13-8-7-12-18(19)21(27)28/h7-14,16H,1-6H3,(H,25,29). The molecule has 2 aromatic carbocycles. The van der Waals surface area contributed by atoms with Crippen LogP contribution < -0.4 is 10.9 Å². The highest BCUT2D eigenvalue weighted by molar-refractivity contribution is 5.78. The van der Waals surface area contributed by atoms with E-state index >= 15 is 0 Å². The molecule has 3 aromatic rings. The summed E-state index contributed by atoms with van der Waals surface area (Å²) in [5.74, 6) is 0.519. The van der Waals surface area contributed by atoms with E-state index in [9.17, 15) is 9.59 Å². The van der Waals surface area contributed by atoms with Gasteiger partial charge in [-0.25, -0.2) is 9.78 Å². The fourth-order valence-corrected chi connectivity index (χ4v) is 3.20. The van der Waals surface area contributed by atoms with Crippen molar-refractivity contribution >= 4 is 16.9 Å². The van der Waals surface area contributed by atoms with E-state index in [0.717, 1.165) is 11.3 Å². The van der Waals surface area contributed by atoms with Crippen molar-refractivity contribution in [2.24, 2.45) is 0 Å². The highest BCUT2D eigenvalue weighted by atomic mass is 16.2. The Labute approximate surface area is 171 Å². The minimum absolute atomic E-state index is 0.146. The number of urea groups is 1. The van der Waals surface area contributed by atoms with Crippen LogP contribution in [0.1, 0.15) is 45.1 Å². The summed E-state index contributed by atoms with van der Waals surface area (Å²) in [5.41, 5.74) is 1.89. The Morgan fingerprint density at radius 1 is 1.14 bits per heavy atom. The number of nitrogens with zero attached hydrogens (tertiary/aromatic N) is 3. The molecule has 0 aliphatic carbocycles. The van der Waals surface area contributed by atoms with Gasteiger partial charge in [0.1, 0.15) is 5.82 Å². The lowest BCUT2D eigenvalue weighted by molar-refractivity contribution is 0.182. The SMILES string of the molecule is Cc1cccc(-n2c(C(C)N(C)C(=O)NC(C)(C)C)nc3ccccc3c2=O)c1. The molecule has 1 aromatic heterocycles. The molecule has 2 amide bonds. The molecule has 0 saturated heterocycles. The van der Waals surface area contributed by atoms with Crippen LogP contribution >= 0.6 is 0 Å². The minimum Gasteiger partial charge on any atom is -0.333 e. The summed E-state index contributed by atoms with van der Waals surface area (Å²) >= 11 is 0. The molecule has 1 unspecified atom stereocenters. The summed E-state index contributed by atoms with van der Waals surface area (Å²) in [6.07, 6.45) is 0. The maximum atomic E-state index is 13.4. The first-order valence-corrected chi connectivity index (χ1v) is 9.72. The van der Waals surface area contributed by atoms with E-state index in [2.05, 4.69) is 5.32 Å². The van der Waals surface area contributed by atoms with Crippen molar-refractivity contribution in [2.45, 2.75) is 46.2 Å². The molecule has 1 atom stereocenters. The number of carbonyl (C=O) groups is 1. The first-order chi connectivity index (χ1) is 13.6. The number of hydrogen-bond acceptors (Lipinski definition) is 3. The number of hydrogen-bond donors (Lipinski definition) is 1. The van der Waals surface area contributed by atoms with E-state index in [0.29, 0.717) is 16.7 Å². The van der Waals surface area contributed by atoms with Crippen LogP contribution in [0, 0.1) is 6.92 Å². The number of fused-ring (bicyclic) bond motifs is 1. The maximum absolute atomic E-state index is 13.4. The zero-order chi connectivity index (χ0) is 21.3. The average molecular weight is 393 g/mol. The fraction of sp³-hybridized carbons (Fsp3) is 0.348. The van der Waals surface area contributed by atoms with Crippen LogP contribution in [-0.2, 0) is 0 Å². The van der Waals surface area contributed by atoms with Crippen LogP contribution in [0.3, 0.4) is 0 Å². The minimum atomic E-state index is -0.421. The van der Waals surface area contributed by atoms with E-state index in [1.807, 2.05) is 77.1 Å². The number of carbonyl (C=O) groups excluding carboxylic acids is 1. The second-order valence-corrected chi connectivity index (χ2v) is 8.43. The number of rotatable bonds is 3. The van der Waals surface area contributed by atoms with E-state index in [1.165, 1.54) is 0 Å². The zero-order valence-electron chi connectivity index (χ0n) is 17.9. The monoisotopic (exact) mass is 392 g/mol. The second kappa shape index (κ2) is 7.70. The lowest BCUT2D eigenvalue weighted by Crippen LogP contribution is -2.48. The number of aromatic nitrogens is 2. The summed E-state index contributed by atoms with van der Waals surface area (Å²) in [5, 5.41) is 3.51. The molecule has 0 spiro atoms. The van der Waals surface area contributed by atoms with Crippen molar-refractivity contribution in [1.29, 1.82) is 0 Å². The summed E-state index contributed by atoms with van der Waals surface area (Å²) in [4.78, 5) is 32.5. The predicted molar refractivity (Wildman–Crippen MR) is 117 cm³/mol. The molecule has 6 nitrogen and oxygen atoms in total. The Bertz CT molecular complexity index is 1110. The third kappa shape index (κ3) is 4.31. The number of aryl methyl sites for hydroxylation is 1. The average Bonchev–Trinajstić information content (AvgIpc) is 2.65. The molecule has 0 fully saturated rings. The van der Waals surface area contributed by atoms with Crippen LogP contribution in [-0.4, -0.2) is 33.1 Å². The largest absolute Gasteiger partial charge is 0.333 e. The molecular formula is C23H28N4O2. The van der Waals surface area contributed by atoms with Gasteiger partial charge >= 0.3 is 6.03 Å². The van der Waals surface area contributed by atoms with Crippen LogP contribution in [0.15, 0.2) is 53.3 Å². The third-order valence-corrected chi connectivity index (χ3v) is 4.82. The normalized spacial score (nSPS) is 12.6. The molecule has 0 aliphatic rings. The quantitative estimate of drug-likeness (QED) is 0.727. The van der Waals surface area contributed by atoms with Gasteiger partial charge < -0.3 is 10.2 Å². The summed E-state index contributed by atoms with van der Waals surface area (Å²) in [6.45, 7) is 9.65. The van der Waals surface area contributed by atoms with Gasteiger partial charge in [0.15, 0.2) is 0 Å². The van der Waals surface area contributed by atoms with Gasteiger partial charge in [0, 0.05) is 12.6 Å². The zero-order valence-corrected chi connectivity index (χ0v) is 17.9. The fourth-order valence-electron chi connectivity index (χ4n) is 3.20. The lowest BCUT2D eigenvalue weighted by atomic mass is 10.1. The Morgan fingerprint density at radius 3 is 2.48 bits per heavy atom. The van der Waals surface area contributed by atoms with Crippen LogP contribution in [0.25, 0.3) is 16.6 Å². The highest BCUT2D eigenvalue weighted by Gasteiger charge is 2.26. The van der Waals surface area contributed by atoms with Gasteiger partial charge in [-0.3, -0.25) is 9.36 Å². The van der Waals surface area contributed by atoms with Crippen LogP contribution in [0.4, 0.5) is 4.79 Å². The van der Waals surface area contributed by atoms with Gasteiger partial charge in [-0.1, -0.05) is 24.3 Å². The molecule has 0 aliphatic heterocycles. The summed E-state index contributed by atoms with van der Waals surface area (Å²) in [7, 11) is 1.72. The molecule has 6 heteroatoms. The van der Waals surface area contributed by atoms with Gasteiger partial charge in [-0.2, -0.15) is 0 Å². The first-order valence-electron chi connectivity index (χ1n) is 9.72. The number of benzene rings is 2. The molecular weight excluding hydrogens is 364 g/mol. The summed E-state index contributed by atoms with van der Waals surface area (Å²) in [6, 6.07) is 14.4. The molecule has 3 rings (SSSR count). The number of para-hydroxylation sites is 1. The van der Waals surface area contributed by atoms with E-state index in [-0.39, 0.29) is 17.1 Å². The Morgan fingerprint density at radius 2 is 1.83 bits per heavy atom. The maximum Gasteiger partial charge on any atom is 0.318 e. The lowest BCUT2D eigenvalue weighted by Gasteiger charge is -2.30. The highest BCUT2D eigenvalue weighted by Crippen LogP contribution is 2.22. The molecule has 0 radical (unpaired) electrons. The van der Waals surface area contributed by atoms with Gasteiger partial charge in [-0.15, -0.1) is 0 Å². The Hall–Kier alpha value is -3.15. The van der Waals surface area contributed by atoms with E-state index in [4.69, 9.17) is 4.98 Å². The topological polar surface area (TPSA) is 67.2 Å². The van der Waals surface area contributed by atoms with E-state index < -0.39 is 6.04 Å². The Balaban J connectivity index is 2.19. The first kappa shape index (κ1) is 20.6. The van der Waals surface area contributed by atoms with E-state index in [1.54, 1.807) is 22.6 Å². The van der Waals surface area contributed by atoms with Crippen molar-refractivity contribution in [3.8, 4) is 5.69 Å². The van der Waals surface area contributed by atoms with Gasteiger partial charge in [0.25, 0.3) is 5.56 Å². The van der Waals surface area contributed by atoms with Crippen molar-refractivity contribution in [3.63, 3.8) is 0 Å². The molecule has 152 valence electrons. The van der Waals surface area contributed by atoms with Crippen molar-refractivity contribution in [3.05, 3.63) is 70.3 Å². The van der Waals surface area contributed by atoms with Crippen molar-refractivity contribution < 1.29 is 4.79 Å².